The van der Waals surface area contributed by atoms with Crippen LogP contribution < -0.4 is 14.6 Å². The number of nitrogens with one attached hydrogen (secondary N) is 1. The highest BCUT2D eigenvalue weighted by atomic mass is 32.2. The fourth-order valence-electron chi connectivity index (χ4n) is 2.03. The van der Waals surface area contributed by atoms with Crippen LogP contribution >= 0.6 is 0 Å². The molecule has 0 bridgehead atoms. The van der Waals surface area contributed by atoms with Gasteiger partial charge >= 0.3 is 0 Å². The van der Waals surface area contributed by atoms with E-state index in [-0.39, 0.29) is 11.3 Å². The Hall–Kier alpha value is -2.38. The van der Waals surface area contributed by atoms with Crippen LogP contribution in [0, 0.1) is 0 Å². The summed E-state index contributed by atoms with van der Waals surface area (Å²) in [5, 5.41) is 11.3. The number of carbonyl (C=O) groups is 1. The van der Waals surface area contributed by atoms with Crippen molar-refractivity contribution in [3.8, 4) is 5.75 Å². The van der Waals surface area contributed by atoms with Crippen molar-refractivity contribution in [1.82, 2.24) is 4.72 Å². The SMILES string of the molecule is COc1ccc(S(=O)(=O)N[C@H](Cc2ccccc2)C(=O)[O-])cc1. The maximum atomic E-state index is 12.3. The van der Waals surface area contributed by atoms with Crippen molar-refractivity contribution in [1.29, 1.82) is 0 Å². The molecule has 0 amide bonds. The van der Waals surface area contributed by atoms with E-state index >= 15 is 0 Å². The molecule has 122 valence electrons. The van der Waals surface area contributed by atoms with E-state index in [1.54, 1.807) is 30.3 Å². The smallest absolute Gasteiger partial charge is 0.241 e. The number of hydrogen-bond donors (Lipinski definition) is 1. The molecule has 6 nitrogen and oxygen atoms in total. The second-order valence-corrected chi connectivity index (χ2v) is 6.57. The molecule has 0 radical (unpaired) electrons. The van der Waals surface area contributed by atoms with E-state index in [9.17, 15) is 18.3 Å². The van der Waals surface area contributed by atoms with E-state index in [0.29, 0.717) is 11.3 Å². The minimum Gasteiger partial charge on any atom is -0.548 e. The van der Waals surface area contributed by atoms with Gasteiger partial charge in [0.05, 0.1) is 24.0 Å². The second kappa shape index (κ2) is 7.26. The van der Waals surface area contributed by atoms with Crippen LogP contribution in [-0.2, 0) is 21.2 Å². The largest absolute Gasteiger partial charge is 0.548 e. The average molecular weight is 334 g/mol. The van der Waals surface area contributed by atoms with Crippen molar-refractivity contribution < 1.29 is 23.1 Å². The van der Waals surface area contributed by atoms with Crippen molar-refractivity contribution in [3.05, 3.63) is 60.2 Å². The van der Waals surface area contributed by atoms with Gasteiger partial charge in [-0.25, -0.2) is 13.1 Å². The summed E-state index contributed by atoms with van der Waals surface area (Å²) in [6.45, 7) is 0. The summed E-state index contributed by atoms with van der Waals surface area (Å²) in [4.78, 5) is 11.2. The lowest BCUT2D eigenvalue weighted by Crippen LogP contribution is -2.49. The molecule has 0 fully saturated rings. The van der Waals surface area contributed by atoms with E-state index < -0.39 is 22.0 Å². The molecule has 0 aliphatic carbocycles. The summed E-state index contributed by atoms with van der Waals surface area (Å²) < 4.78 is 31.7. The van der Waals surface area contributed by atoms with Crippen LogP contribution in [0.3, 0.4) is 0 Å². The standard InChI is InChI=1S/C16H17NO5S/c1-22-13-7-9-14(10-8-13)23(20,21)17-15(16(18)19)11-12-5-3-2-4-6-12/h2-10,15,17H,11H2,1H3,(H,18,19)/p-1/t15-/m1/s1. The zero-order valence-corrected chi connectivity index (χ0v) is 13.2. The minimum absolute atomic E-state index is 0.00143. The minimum atomic E-state index is -3.98. The lowest BCUT2D eigenvalue weighted by molar-refractivity contribution is -0.307. The molecular formula is C16H16NO5S-. The number of ether oxygens (including phenoxy) is 1. The Kier molecular flexibility index (Phi) is 5.36. The van der Waals surface area contributed by atoms with Gasteiger partial charge < -0.3 is 14.6 Å². The fourth-order valence-corrected chi connectivity index (χ4v) is 3.22. The number of methoxy groups -OCH3 is 1. The van der Waals surface area contributed by atoms with Gasteiger partial charge in [-0.3, -0.25) is 0 Å². The first-order valence-corrected chi connectivity index (χ1v) is 8.32. The van der Waals surface area contributed by atoms with E-state index in [1.165, 1.54) is 31.4 Å². The van der Waals surface area contributed by atoms with Gasteiger partial charge in [-0.15, -0.1) is 0 Å². The summed E-state index contributed by atoms with van der Waals surface area (Å²) in [7, 11) is -2.51. The van der Waals surface area contributed by atoms with Gasteiger partial charge in [0.25, 0.3) is 0 Å². The second-order valence-electron chi connectivity index (χ2n) is 4.86. The van der Waals surface area contributed by atoms with Gasteiger partial charge in [-0.1, -0.05) is 30.3 Å². The van der Waals surface area contributed by atoms with Crippen molar-refractivity contribution in [2.45, 2.75) is 17.4 Å². The summed E-state index contributed by atoms with van der Waals surface area (Å²) in [6.07, 6.45) is -0.00143. The highest BCUT2D eigenvalue weighted by Crippen LogP contribution is 2.16. The molecule has 2 rings (SSSR count). The Morgan fingerprint density at radius 1 is 1.13 bits per heavy atom. The van der Waals surface area contributed by atoms with Crippen LogP contribution in [0.5, 0.6) is 5.75 Å². The molecule has 0 unspecified atom stereocenters. The lowest BCUT2D eigenvalue weighted by Gasteiger charge is -2.20. The van der Waals surface area contributed by atoms with Gasteiger partial charge in [-0.2, -0.15) is 0 Å². The maximum Gasteiger partial charge on any atom is 0.241 e. The quantitative estimate of drug-likeness (QED) is 0.787. The third-order valence-corrected chi connectivity index (χ3v) is 4.72. The first-order chi connectivity index (χ1) is 10.9. The molecule has 23 heavy (non-hydrogen) atoms. The van der Waals surface area contributed by atoms with Gasteiger partial charge in [-0.05, 0) is 36.2 Å². The molecule has 0 heterocycles. The van der Waals surface area contributed by atoms with Gasteiger partial charge in [0.2, 0.25) is 10.0 Å². The van der Waals surface area contributed by atoms with Crippen LogP contribution in [0.2, 0.25) is 0 Å². The third kappa shape index (κ3) is 4.54. The predicted octanol–water partition coefficient (Wildman–Crippen LogP) is 0.335. The summed E-state index contributed by atoms with van der Waals surface area (Å²) in [5.74, 6) is -0.976. The molecule has 0 aliphatic rings. The fraction of sp³-hybridized carbons (Fsp3) is 0.188. The highest BCUT2D eigenvalue weighted by molar-refractivity contribution is 7.89. The number of benzene rings is 2. The molecule has 0 spiro atoms. The summed E-state index contributed by atoms with van der Waals surface area (Å²) in [6, 6.07) is 13.0. The van der Waals surface area contributed by atoms with Crippen LogP contribution in [0.15, 0.2) is 59.5 Å². The number of sulfonamides is 1. The number of carboxylic acid groups (broad SMARTS) is 1. The van der Waals surface area contributed by atoms with Crippen LogP contribution in [0.4, 0.5) is 0 Å². The maximum absolute atomic E-state index is 12.3. The normalized spacial score (nSPS) is 12.6. The molecule has 7 heteroatoms. The van der Waals surface area contributed by atoms with Crippen molar-refractivity contribution >= 4 is 16.0 Å². The average Bonchev–Trinajstić information content (AvgIpc) is 2.55. The monoisotopic (exact) mass is 334 g/mol. The van der Waals surface area contributed by atoms with E-state index in [2.05, 4.69) is 4.72 Å². The van der Waals surface area contributed by atoms with Crippen LogP contribution in [0.1, 0.15) is 5.56 Å². The molecule has 1 N–H and O–H groups in total. The molecule has 0 saturated carbocycles. The van der Waals surface area contributed by atoms with Crippen molar-refractivity contribution in [3.63, 3.8) is 0 Å². The summed E-state index contributed by atoms with van der Waals surface area (Å²) >= 11 is 0. The summed E-state index contributed by atoms with van der Waals surface area (Å²) in [5.41, 5.74) is 0.694. The molecule has 0 aromatic heterocycles. The Morgan fingerprint density at radius 2 is 1.74 bits per heavy atom. The molecule has 2 aromatic carbocycles. The Bertz CT molecular complexity index is 757. The number of hydrogen-bond acceptors (Lipinski definition) is 5. The molecule has 1 atom stereocenters. The van der Waals surface area contributed by atoms with Gasteiger partial charge in [0, 0.05) is 0 Å². The zero-order chi connectivity index (χ0) is 16.9. The van der Waals surface area contributed by atoms with E-state index in [0.717, 1.165) is 0 Å². The van der Waals surface area contributed by atoms with Crippen LogP contribution in [0.25, 0.3) is 0 Å². The third-order valence-electron chi connectivity index (χ3n) is 3.23. The number of carboxylic acids is 1. The predicted molar refractivity (Wildman–Crippen MR) is 82.3 cm³/mol. The lowest BCUT2D eigenvalue weighted by atomic mass is 10.1. The van der Waals surface area contributed by atoms with Crippen molar-refractivity contribution in [2.24, 2.45) is 0 Å². The number of carbonyl (C=O) groups excluding carboxylic acids is 1. The Labute approximate surface area is 134 Å². The van der Waals surface area contributed by atoms with Crippen molar-refractivity contribution in [2.75, 3.05) is 7.11 Å². The number of rotatable bonds is 7. The molecule has 0 saturated heterocycles. The van der Waals surface area contributed by atoms with Gasteiger partial charge in [0.1, 0.15) is 5.75 Å². The Balaban J connectivity index is 2.19. The first-order valence-electron chi connectivity index (χ1n) is 6.83. The first kappa shape index (κ1) is 17.0. The van der Waals surface area contributed by atoms with E-state index in [1.807, 2.05) is 0 Å². The van der Waals surface area contributed by atoms with E-state index in [4.69, 9.17) is 4.74 Å². The van der Waals surface area contributed by atoms with Crippen LogP contribution in [-0.4, -0.2) is 27.5 Å². The van der Waals surface area contributed by atoms with Gasteiger partial charge in [0.15, 0.2) is 0 Å². The molecule has 0 aliphatic heterocycles. The topological polar surface area (TPSA) is 95.5 Å². The zero-order valence-electron chi connectivity index (χ0n) is 12.4. The molecular weight excluding hydrogens is 318 g/mol. The number of aliphatic carboxylic acids is 1. The highest BCUT2D eigenvalue weighted by Gasteiger charge is 2.21. The Morgan fingerprint density at radius 3 is 2.26 bits per heavy atom. The molecule has 2 aromatic rings.